The van der Waals surface area contributed by atoms with E-state index in [-0.39, 0.29) is 19.6 Å². The fourth-order valence-corrected chi connectivity index (χ4v) is 4.16. The Kier molecular flexibility index (Phi) is 9.07. The van der Waals surface area contributed by atoms with E-state index in [0.717, 1.165) is 16.0 Å². The minimum Gasteiger partial charge on any atom is -0.464 e. The second-order valence-corrected chi connectivity index (χ2v) is 8.79. The molecule has 2 amide bonds. The summed E-state index contributed by atoms with van der Waals surface area (Å²) in [7, 11) is 0. The van der Waals surface area contributed by atoms with Crippen molar-refractivity contribution in [3.63, 3.8) is 0 Å². The second-order valence-electron chi connectivity index (χ2n) is 7.97. The number of ether oxygens (including phenoxy) is 1. The molecule has 0 spiro atoms. The van der Waals surface area contributed by atoms with E-state index in [1.54, 1.807) is 19.1 Å². The first-order valence-electron chi connectivity index (χ1n) is 11.1. The molecule has 7 nitrogen and oxygen atoms in total. The van der Waals surface area contributed by atoms with Crippen molar-refractivity contribution >= 4 is 46.8 Å². The van der Waals surface area contributed by atoms with Crippen molar-refractivity contribution in [1.29, 1.82) is 0 Å². The van der Waals surface area contributed by atoms with Gasteiger partial charge < -0.3 is 15.0 Å². The van der Waals surface area contributed by atoms with Gasteiger partial charge in [-0.25, -0.2) is 4.79 Å². The SMILES string of the molecule is CCOC(=O)[C@H](Cc1ccccc1)N1CC(C(=O)NCCCc2ccc(Cl)c(Cl)c2)C(=O)C1=O. The molecule has 1 unspecified atom stereocenters. The minimum absolute atomic E-state index is 0.142. The van der Waals surface area contributed by atoms with Gasteiger partial charge in [0.1, 0.15) is 12.0 Å². The topological polar surface area (TPSA) is 92.8 Å². The number of rotatable bonds is 10. The lowest BCUT2D eigenvalue weighted by molar-refractivity contribution is -0.154. The van der Waals surface area contributed by atoms with Gasteiger partial charge >= 0.3 is 5.97 Å². The Morgan fingerprint density at radius 2 is 1.82 bits per heavy atom. The number of aryl methyl sites for hydroxylation is 1. The number of hydrogen-bond donors (Lipinski definition) is 1. The van der Waals surface area contributed by atoms with E-state index in [1.807, 2.05) is 36.4 Å². The van der Waals surface area contributed by atoms with Gasteiger partial charge in [0.15, 0.2) is 0 Å². The summed E-state index contributed by atoms with van der Waals surface area (Å²) in [5, 5.41) is 3.66. The molecule has 1 saturated heterocycles. The van der Waals surface area contributed by atoms with Crippen molar-refractivity contribution in [3.8, 4) is 0 Å². The van der Waals surface area contributed by atoms with Crippen LogP contribution in [0.25, 0.3) is 0 Å². The van der Waals surface area contributed by atoms with Gasteiger partial charge in [-0.1, -0.05) is 59.6 Å². The number of nitrogens with zero attached hydrogens (tertiary/aromatic N) is 1. The Morgan fingerprint density at radius 1 is 1.09 bits per heavy atom. The Balaban J connectivity index is 1.60. The van der Waals surface area contributed by atoms with Crippen LogP contribution in [0.5, 0.6) is 0 Å². The van der Waals surface area contributed by atoms with Crippen LogP contribution in [0.1, 0.15) is 24.5 Å². The van der Waals surface area contributed by atoms with Crippen molar-refractivity contribution in [3.05, 3.63) is 69.7 Å². The van der Waals surface area contributed by atoms with Crippen LogP contribution >= 0.6 is 23.2 Å². The number of carbonyl (C=O) groups is 4. The summed E-state index contributed by atoms with van der Waals surface area (Å²) in [6, 6.07) is 13.5. The van der Waals surface area contributed by atoms with Crippen LogP contribution in [0, 0.1) is 5.92 Å². The zero-order chi connectivity index (χ0) is 24.7. The van der Waals surface area contributed by atoms with E-state index >= 15 is 0 Å². The van der Waals surface area contributed by atoms with Crippen molar-refractivity contribution < 1.29 is 23.9 Å². The zero-order valence-electron chi connectivity index (χ0n) is 18.8. The number of hydrogen-bond acceptors (Lipinski definition) is 5. The molecule has 1 aliphatic rings. The Bertz CT molecular complexity index is 1060. The number of likely N-dealkylation sites (tertiary alicyclic amines) is 1. The van der Waals surface area contributed by atoms with Gasteiger partial charge in [-0.15, -0.1) is 0 Å². The molecule has 1 aliphatic heterocycles. The largest absolute Gasteiger partial charge is 0.464 e. The van der Waals surface area contributed by atoms with Crippen molar-refractivity contribution in [2.24, 2.45) is 5.92 Å². The highest BCUT2D eigenvalue weighted by atomic mass is 35.5. The quantitative estimate of drug-likeness (QED) is 0.232. The summed E-state index contributed by atoms with van der Waals surface area (Å²) >= 11 is 11.9. The number of benzene rings is 2. The molecular weight excluding hydrogens is 479 g/mol. The van der Waals surface area contributed by atoms with Crippen LogP contribution < -0.4 is 5.32 Å². The van der Waals surface area contributed by atoms with E-state index in [4.69, 9.17) is 27.9 Å². The summed E-state index contributed by atoms with van der Waals surface area (Å²) in [4.78, 5) is 51.7. The Hall–Kier alpha value is -2.90. The highest BCUT2D eigenvalue weighted by Crippen LogP contribution is 2.23. The maximum atomic E-state index is 12.7. The van der Waals surface area contributed by atoms with Crippen molar-refractivity contribution in [2.75, 3.05) is 19.7 Å². The van der Waals surface area contributed by atoms with Crippen LogP contribution in [0.2, 0.25) is 10.0 Å². The maximum absolute atomic E-state index is 12.7. The van der Waals surface area contributed by atoms with Gasteiger partial charge in [-0.3, -0.25) is 14.4 Å². The molecule has 0 aromatic heterocycles. The lowest BCUT2D eigenvalue weighted by Crippen LogP contribution is -2.45. The summed E-state index contributed by atoms with van der Waals surface area (Å²) in [5.41, 5.74) is 1.79. The van der Waals surface area contributed by atoms with E-state index < -0.39 is 35.5 Å². The molecule has 1 heterocycles. The number of carbonyl (C=O) groups excluding carboxylic acids is 4. The van der Waals surface area contributed by atoms with Gasteiger partial charge in [0, 0.05) is 19.5 Å². The lowest BCUT2D eigenvalue weighted by Gasteiger charge is -2.25. The predicted octanol–water partition coefficient (Wildman–Crippen LogP) is 3.24. The molecule has 180 valence electrons. The highest BCUT2D eigenvalue weighted by Gasteiger charge is 2.47. The third-order valence-electron chi connectivity index (χ3n) is 5.62. The van der Waals surface area contributed by atoms with Gasteiger partial charge in [0.25, 0.3) is 5.91 Å². The van der Waals surface area contributed by atoms with E-state index in [9.17, 15) is 19.2 Å². The first kappa shape index (κ1) is 25.7. The van der Waals surface area contributed by atoms with E-state index in [1.165, 1.54) is 0 Å². The third kappa shape index (κ3) is 6.36. The standard InChI is InChI=1S/C25H26Cl2N2O5/c1-2-34-25(33)21(14-16-7-4-3-5-8-16)29-15-18(22(30)24(29)32)23(31)28-12-6-9-17-10-11-19(26)20(27)13-17/h3-5,7-8,10-11,13,18,21H,2,6,9,12,14-15H2,1H3,(H,28,31)/t18?,21-/m0/s1. The molecule has 0 radical (unpaired) electrons. The lowest BCUT2D eigenvalue weighted by atomic mass is 10.0. The molecule has 0 aliphatic carbocycles. The summed E-state index contributed by atoms with van der Waals surface area (Å²) < 4.78 is 5.14. The molecule has 9 heteroatoms. The molecule has 2 atom stereocenters. The smallest absolute Gasteiger partial charge is 0.329 e. The van der Waals surface area contributed by atoms with Gasteiger partial charge in [0.05, 0.1) is 16.7 Å². The van der Waals surface area contributed by atoms with Crippen LogP contribution in [-0.2, 0) is 36.8 Å². The van der Waals surface area contributed by atoms with Crippen LogP contribution in [0.3, 0.4) is 0 Å². The Labute approximate surface area is 208 Å². The molecule has 0 bridgehead atoms. The number of ketones is 1. The fraction of sp³-hybridized carbons (Fsp3) is 0.360. The molecule has 2 aromatic rings. The number of Topliss-reactive ketones (excluding diaryl/α,β-unsaturated/α-hetero) is 1. The average molecular weight is 505 g/mol. The molecule has 2 aromatic carbocycles. The second kappa shape index (κ2) is 12.0. The number of nitrogens with one attached hydrogen (secondary N) is 1. The third-order valence-corrected chi connectivity index (χ3v) is 6.36. The van der Waals surface area contributed by atoms with E-state index in [0.29, 0.717) is 29.4 Å². The number of halogens is 2. The summed E-state index contributed by atoms with van der Waals surface area (Å²) in [5.74, 6) is -3.95. The zero-order valence-corrected chi connectivity index (χ0v) is 20.3. The summed E-state index contributed by atoms with van der Waals surface area (Å²) in [6.07, 6.45) is 1.46. The molecule has 0 saturated carbocycles. The average Bonchev–Trinajstić information content (AvgIpc) is 3.12. The van der Waals surface area contributed by atoms with Crippen molar-refractivity contribution in [2.45, 2.75) is 32.2 Å². The van der Waals surface area contributed by atoms with Crippen LogP contribution in [0.4, 0.5) is 0 Å². The normalized spacial score (nSPS) is 16.4. The molecule has 1 fully saturated rings. The maximum Gasteiger partial charge on any atom is 0.329 e. The Morgan fingerprint density at radius 3 is 2.50 bits per heavy atom. The molecule has 34 heavy (non-hydrogen) atoms. The number of esters is 1. The van der Waals surface area contributed by atoms with Gasteiger partial charge in [0.2, 0.25) is 11.7 Å². The highest BCUT2D eigenvalue weighted by molar-refractivity contribution is 6.43. The van der Waals surface area contributed by atoms with Crippen molar-refractivity contribution in [1.82, 2.24) is 10.2 Å². The van der Waals surface area contributed by atoms with Gasteiger partial charge in [-0.05, 0) is 43.0 Å². The number of amides is 2. The first-order chi connectivity index (χ1) is 16.3. The first-order valence-corrected chi connectivity index (χ1v) is 11.8. The van der Waals surface area contributed by atoms with Crippen LogP contribution in [0.15, 0.2) is 48.5 Å². The molecule has 1 N–H and O–H groups in total. The predicted molar refractivity (Wildman–Crippen MR) is 129 cm³/mol. The molecule has 3 rings (SSSR count). The monoisotopic (exact) mass is 504 g/mol. The van der Waals surface area contributed by atoms with Gasteiger partial charge in [-0.2, -0.15) is 0 Å². The minimum atomic E-state index is -1.16. The fourth-order valence-electron chi connectivity index (χ4n) is 3.84. The van der Waals surface area contributed by atoms with Crippen LogP contribution in [-0.4, -0.2) is 54.2 Å². The van der Waals surface area contributed by atoms with E-state index in [2.05, 4.69) is 5.32 Å². The molecular formula is C25H26Cl2N2O5. The summed E-state index contributed by atoms with van der Waals surface area (Å²) in [6.45, 7) is 1.97.